The van der Waals surface area contributed by atoms with Gasteiger partial charge >= 0.3 is 6.18 Å². The monoisotopic (exact) mass is 328 g/mol. The van der Waals surface area contributed by atoms with Gasteiger partial charge in [0.2, 0.25) is 0 Å². The maximum atomic E-state index is 13.4. The van der Waals surface area contributed by atoms with Crippen LogP contribution in [0.2, 0.25) is 0 Å². The van der Waals surface area contributed by atoms with Gasteiger partial charge < -0.3 is 4.90 Å². The second-order valence-electron chi connectivity index (χ2n) is 6.43. The van der Waals surface area contributed by atoms with Crippen LogP contribution in [0.25, 0.3) is 0 Å². The van der Waals surface area contributed by atoms with Gasteiger partial charge in [-0.3, -0.25) is 4.90 Å². The van der Waals surface area contributed by atoms with Crippen molar-refractivity contribution in [1.82, 2.24) is 9.80 Å². The Morgan fingerprint density at radius 1 is 1.04 bits per heavy atom. The number of hydrogen-bond donors (Lipinski definition) is 0. The zero-order chi connectivity index (χ0) is 17.0. The number of nitrogens with zero attached hydrogens (tertiary/aromatic N) is 2. The molecule has 1 aromatic rings. The minimum absolute atomic E-state index is 0.151. The van der Waals surface area contributed by atoms with E-state index in [9.17, 15) is 13.2 Å². The van der Waals surface area contributed by atoms with Crippen molar-refractivity contribution < 1.29 is 13.2 Å². The molecule has 1 atom stereocenters. The van der Waals surface area contributed by atoms with Crippen LogP contribution in [0.4, 0.5) is 13.2 Å². The molecular formula is C18H27F3N2. The van der Waals surface area contributed by atoms with E-state index in [0.717, 1.165) is 44.7 Å². The van der Waals surface area contributed by atoms with Crippen molar-refractivity contribution in [3.63, 3.8) is 0 Å². The highest BCUT2D eigenvalue weighted by Crippen LogP contribution is 2.35. The van der Waals surface area contributed by atoms with E-state index < -0.39 is 11.7 Å². The first-order valence-corrected chi connectivity index (χ1v) is 8.49. The van der Waals surface area contributed by atoms with Gasteiger partial charge in [0, 0.05) is 32.7 Å². The van der Waals surface area contributed by atoms with E-state index in [0.29, 0.717) is 12.1 Å². The zero-order valence-electron chi connectivity index (χ0n) is 14.3. The molecule has 1 aromatic carbocycles. The van der Waals surface area contributed by atoms with Crippen molar-refractivity contribution in [2.75, 3.05) is 32.7 Å². The van der Waals surface area contributed by atoms with Crippen molar-refractivity contribution in [3.8, 4) is 0 Å². The summed E-state index contributed by atoms with van der Waals surface area (Å²) in [5, 5.41) is 0. The molecule has 130 valence electrons. The SMILES string of the molecule is CCC(C)c1ccc(CN2CCN(CC)CC2)c(C(F)(F)F)c1. The molecule has 0 aliphatic carbocycles. The van der Waals surface area contributed by atoms with E-state index >= 15 is 0 Å². The molecule has 2 rings (SSSR count). The Labute approximate surface area is 137 Å². The van der Waals surface area contributed by atoms with Crippen LogP contribution in [0.3, 0.4) is 0 Å². The zero-order valence-corrected chi connectivity index (χ0v) is 14.3. The lowest BCUT2D eigenvalue weighted by atomic mass is 9.94. The van der Waals surface area contributed by atoms with Crippen molar-refractivity contribution in [3.05, 3.63) is 34.9 Å². The van der Waals surface area contributed by atoms with Gasteiger partial charge in [0.15, 0.2) is 0 Å². The standard InChI is InChI=1S/C18H27F3N2/c1-4-14(3)15-6-7-16(17(12-15)18(19,20)21)13-23-10-8-22(5-2)9-11-23/h6-7,12,14H,4-5,8-11,13H2,1-3H3. The second kappa shape index (κ2) is 7.67. The third-order valence-corrected chi connectivity index (χ3v) is 4.93. The summed E-state index contributed by atoms with van der Waals surface area (Å²) in [5.74, 6) is 0.151. The van der Waals surface area contributed by atoms with Crippen LogP contribution in [-0.4, -0.2) is 42.5 Å². The molecule has 5 heteroatoms. The molecule has 1 unspecified atom stereocenters. The van der Waals surface area contributed by atoms with Crippen molar-refractivity contribution in [1.29, 1.82) is 0 Å². The van der Waals surface area contributed by atoms with E-state index in [4.69, 9.17) is 0 Å². The molecule has 1 aliphatic heterocycles. The Morgan fingerprint density at radius 2 is 1.65 bits per heavy atom. The summed E-state index contributed by atoms with van der Waals surface area (Å²) in [7, 11) is 0. The topological polar surface area (TPSA) is 6.48 Å². The number of piperazine rings is 1. The Hall–Kier alpha value is -1.07. The van der Waals surface area contributed by atoms with Crippen LogP contribution in [0.5, 0.6) is 0 Å². The summed E-state index contributed by atoms with van der Waals surface area (Å²) in [6.07, 6.45) is -3.44. The van der Waals surface area contributed by atoms with Crippen LogP contribution in [0, 0.1) is 0 Å². The number of halogens is 3. The average molecular weight is 328 g/mol. The van der Waals surface area contributed by atoms with E-state index in [1.54, 1.807) is 6.07 Å². The first-order chi connectivity index (χ1) is 10.8. The fourth-order valence-electron chi connectivity index (χ4n) is 3.04. The number of likely N-dealkylation sites (N-methyl/N-ethyl adjacent to an activating group) is 1. The van der Waals surface area contributed by atoms with Gasteiger partial charge in [-0.1, -0.05) is 32.9 Å². The van der Waals surface area contributed by atoms with Crippen LogP contribution in [0.15, 0.2) is 18.2 Å². The van der Waals surface area contributed by atoms with Gasteiger partial charge in [0.25, 0.3) is 0 Å². The van der Waals surface area contributed by atoms with Crippen molar-refractivity contribution in [2.45, 2.75) is 45.8 Å². The maximum absolute atomic E-state index is 13.4. The predicted octanol–water partition coefficient (Wildman–Crippen LogP) is 4.36. The molecule has 0 spiro atoms. The molecule has 0 aromatic heterocycles. The predicted molar refractivity (Wildman–Crippen MR) is 87.5 cm³/mol. The molecule has 1 aliphatic rings. The minimum atomic E-state index is -4.29. The van der Waals surface area contributed by atoms with Gasteiger partial charge in [-0.25, -0.2) is 0 Å². The van der Waals surface area contributed by atoms with Gasteiger partial charge in [-0.2, -0.15) is 13.2 Å². The van der Waals surface area contributed by atoms with E-state index in [1.165, 1.54) is 6.07 Å². The highest BCUT2D eigenvalue weighted by atomic mass is 19.4. The summed E-state index contributed by atoms with van der Waals surface area (Å²) in [6.45, 7) is 11.0. The summed E-state index contributed by atoms with van der Waals surface area (Å²) in [4.78, 5) is 4.45. The fraction of sp³-hybridized carbons (Fsp3) is 0.667. The largest absolute Gasteiger partial charge is 0.416 e. The van der Waals surface area contributed by atoms with Crippen LogP contribution in [-0.2, 0) is 12.7 Å². The molecule has 0 radical (unpaired) electrons. The first-order valence-electron chi connectivity index (χ1n) is 8.49. The normalized spacial score (nSPS) is 19.0. The van der Waals surface area contributed by atoms with E-state index in [2.05, 4.69) is 16.7 Å². The molecule has 2 nitrogen and oxygen atoms in total. The Kier molecular flexibility index (Phi) is 6.09. The minimum Gasteiger partial charge on any atom is -0.301 e. The second-order valence-corrected chi connectivity index (χ2v) is 6.43. The molecule has 0 bridgehead atoms. The van der Waals surface area contributed by atoms with Gasteiger partial charge in [0.1, 0.15) is 0 Å². The van der Waals surface area contributed by atoms with Crippen LogP contribution in [0.1, 0.15) is 49.8 Å². The molecule has 1 fully saturated rings. The smallest absolute Gasteiger partial charge is 0.301 e. The van der Waals surface area contributed by atoms with Crippen molar-refractivity contribution in [2.24, 2.45) is 0 Å². The molecule has 23 heavy (non-hydrogen) atoms. The fourth-order valence-corrected chi connectivity index (χ4v) is 3.04. The average Bonchev–Trinajstić information content (AvgIpc) is 2.54. The molecule has 0 saturated carbocycles. The van der Waals surface area contributed by atoms with E-state index in [1.807, 2.05) is 19.9 Å². The van der Waals surface area contributed by atoms with Crippen LogP contribution < -0.4 is 0 Å². The Balaban J connectivity index is 2.17. The summed E-state index contributed by atoms with van der Waals surface area (Å²) in [6, 6.07) is 4.89. The highest BCUT2D eigenvalue weighted by Gasteiger charge is 2.34. The van der Waals surface area contributed by atoms with Crippen LogP contribution >= 0.6 is 0 Å². The van der Waals surface area contributed by atoms with Gasteiger partial charge in [-0.05, 0) is 36.1 Å². The number of benzene rings is 1. The van der Waals surface area contributed by atoms with Crippen molar-refractivity contribution >= 4 is 0 Å². The number of hydrogen-bond acceptors (Lipinski definition) is 2. The summed E-state index contributed by atoms with van der Waals surface area (Å²) < 4.78 is 40.3. The van der Waals surface area contributed by atoms with E-state index in [-0.39, 0.29) is 5.92 Å². The quantitative estimate of drug-likeness (QED) is 0.792. The number of alkyl halides is 3. The van der Waals surface area contributed by atoms with Gasteiger partial charge in [-0.15, -0.1) is 0 Å². The molecule has 1 heterocycles. The Morgan fingerprint density at radius 3 is 2.17 bits per heavy atom. The Bertz CT molecular complexity index is 505. The maximum Gasteiger partial charge on any atom is 0.416 e. The summed E-state index contributed by atoms with van der Waals surface area (Å²) >= 11 is 0. The third kappa shape index (κ3) is 4.70. The molecule has 0 N–H and O–H groups in total. The highest BCUT2D eigenvalue weighted by molar-refractivity contribution is 5.35. The van der Waals surface area contributed by atoms with Gasteiger partial charge in [0.05, 0.1) is 5.56 Å². The first kappa shape index (κ1) is 18.3. The molecular weight excluding hydrogens is 301 g/mol. The number of rotatable bonds is 5. The molecule has 1 saturated heterocycles. The lowest BCUT2D eigenvalue weighted by Crippen LogP contribution is -2.45. The lowest BCUT2D eigenvalue weighted by Gasteiger charge is -2.34. The lowest BCUT2D eigenvalue weighted by molar-refractivity contribution is -0.138. The summed E-state index contributed by atoms with van der Waals surface area (Å²) in [5.41, 5.74) is 0.710. The molecule has 0 amide bonds. The third-order valence-electron chi connectivity index (χ3n) is 4.93.